The van der Waals surface area contributed by atoms with Gasteiger partial charge in [0.25, 0.3) is 5.69 Å². The molecule has 1 fully saturated rings. The fourth-order valence-corrected chi connectivity index (χ4v) is 3.05. The smallest absolute Gasteiger partial charge is 0.270 e. The van der Waals surface area contributed by atoms with Crippen LogP contribution in [-0.4, -0.2) is 49.2 Å². The van der Waals surface area contributed by atoms with Crippen molar-refractivity contribution >= 4 is 17.3 Å². The molecule has 3 rings (SSSR count). The molecule has 1 aromatic heterocycles. The largest absolute Gasteiger partial charge is 0.460 e. The zero-order valence-electron chi connectivity index (χ0n) is 13.9. The van der Waals surface area contributed by atoms with Crippen molar-refractivity contribution in [2.24, 2.45) is 0 Å². The molecule has 1 aliphatic heterocycles. The molecule has 2 heterocycles. The van der Waals surface area contributed by atoms with Gasteiger partial charge in [0.15, 0.2) is 0 Å². The number of hydrogen-bond acceptors (Lipinski definition) is 6. The van der Waals surface area contributed by atoms with Gasteiger partial charge in [-0.25, -0.2) is 0 Å². The van der Waals surface area contributed by atoms with E-state index < -0.39 is 4.92 Å². The summed E-state index contributed by atoms with van der Waals surface area (Å²) < 4.78 is 11.5. The first-order valence-electron chi connectivity index (χ1n) is 8.07. The number of hydrogen-bond donors (Lipinski definition) is 1. The number of nitrogens with zero attached hydrogens (tertiary/aromatic N) is 2. The van der Waals surface area contributed by atoms with E-state index in [4.69, 9.17) is 20.8 Å². The van der Waals surface area contributed by atoms with Crippen LogP contribution < -0.4 is 5.32 Å². The molecule has 0 spiro atoms. The molecule has 1 atom stereocenters. The number of furan rings is 1. The standard InChI is InChI=1S/C17H20ClN3O4/c1-20-6-7-24-14(11-20)10-19-9-13-3-5-17(25-13)15-4-2-12(21(22)23)8-16(15)18/h2-5,8,14,19H,6-7,9-11H2,1H3. The summed E-state index contributed by atoms with van der Waals surface area (Å²) in [6.07, 6.45) is 0.178. The Bertz CT molecular complexity index is 749. The van der Waals surface area contributed by atoms with E-state index in [-0.39, 0.29) is 11.8 Å². The zero-order chi connectivity index (χ0) is 17.8. The molecule has 0 bridgehead atoms. The molecule has 1 aliphatic rings. The van der Waals surface area contributed by atoms with E-state index in [0.29, 0.717) is 22.9 Å². The molecule has 1 unspecified atom stereocenters. The monoisotopic (exact) mass is 365 g/mol. The van der Waals surface area contributed by atoms with Gasteiger partial charge in [0, 0.05) is 37.3 Å². The summed E-state index contributed by atoms with van der Waals surface area (Å²) in [5.41, 5.74) is 0.593. The molecule has 1 saturated heterocycles. The summed E-state index contributed by atoms with van der Waals surface area (Å²) >= 11 is 6.14. The molecule has 2 aromatic rings. The highest BCUT2D eigenvalue weighted by Crippen LogP contribution is 2.32. The zero-order valence-corrected chi connectivity index (χ0v) is 14.7. The first kappa shape index (κ1) is 17.9. The Morgan fingerprint density at radius 2 is 2.24 bits per heavy atom. The van der Waals surface area contributed by atoms with Gasteiger partial charge < -0.3 is 19.4 Å². The summed E-state index contributed by atoms with van der Waals surface area (Å²) in [5, 5.41) is 14.4. The van der Waals surface area contributed by atoms with Crippen LogP contribution in [0, 0.1) is 10.1 Å². The van der Waals surface area contributed by atoms with Crippen molar-refractivity contribution in [3.05, 3.63) is 51.2 Å². The maximum atomic E-state index is 10.8. The van der Waals surface area contributed by atoms with E-state index in [1.165, 1.54) is 12.1 Å². The van der Waals surface area contributed by atoms with E-state index in [2.05, 4.69) is 17.3 Å². The Morgan fingerprint density at radius 1 is 1.40 bits per heavy atom. The predicted molar refractivity (Wildman–Crippen MR) is 94.8 cm³/mol. The number of likely N-dealkylation sites (N-methyl/N-ethyl adjacent to an activating group) is 1. The maximum Gasteiger partial charge on any atom is 0.270 e. The van der Waals surface area contributed by atoms with Gasteiger partial charge in [-0.1, -0.05) is 11.6 Å². The lowest BCUT2D eigenvalue weighted by atomic mass is 10.1. The lowest BCUT2D eigenvalue weighted by Gasteiger charge is -2.30. The van der Waals surface area contributed by atoms with Crippen LogP contribution in [0.25, 0.3) is 11.3 Å². The van der Waals surface area contributed by atoms with E-state index in [9.17, 15) is 10.1 Å². The number of non-ortho nitro benzene ring substituents is 1. The maximum absolute atomic E-state index is 10.8. The Balaban J connectivity index is 1.58. The molecule has 1 N–H and O–H groups in total. The van der Waals surface area contributed by atoms with Crippen molar-refractivity contribution in [1.82, 2.24) is 10.2 Å². The number of nitrogens with one attached hydrogen (secondary N) is 1. The molecule has 0 radical (unpaired) electrons. The summed E-state index contributed by atoms with van der Waals surface area (Å²) in [4.78, 5) is 12.5. The van der Waals surface area contributed by atoms with Crippen LogP contribution >= 0.6 is 11.6 Å². The quantitative estimate of drug-likeness (QED) is 0.626. The van der Waals surface area contributed by atoms with E-state index in [0.717, 1.165) is 32.0 Å². The molecule has 8 heteroatoms. The second-order valence-electron chi connectivity index (χ2n) is 6.07. The van der Waals surface area contributed by atoms with Crippen molar-refractivity contribution in [3.8, 4) is 11.3 Å². The average Bonchev–Trinajstić information content (AvgIpc) is 3.03. The number of benzene rings is 1. The van der Waals surface area contributed by atoms with Crippen LogP contribution in [0.2, 0.25) is 5.02 Å². The Kier molecular flexibility index (Phi) is 5.70. The van der Waals surface area contributed by atoms with Crippen molar-refractivity contribution in [2.75, 3.05) is 33.3 Å². The molecule has 0 amide bonds. The third-order valence-electron chi connectivity index (χ3n) is 4.10. The Labute approximate surface area is 150 Å². The summed E-state index contributed by atoms with van der Waals surface area (Å²) in [7, 11) is 2.09. The Hall–Kier alpha value is -1.93. The number of nitro benzene ring substituents is 1. The highest BCUT2D eigenvalue weighted by Gasteiger charge is 2.17. The normalized spacial score (nSPS) is 18.4. The third kappa shape index (κ3) is 4.58. The third-order valence-corrected chi connectivity index (χ3v) is 4.42. The van der Waals surface area contributed by atoms with E-state index in [1.807, 2.05) is 12.1 Å². The van der Waals surface area contributed by atoms with Crippen LogP contribution in [0.4, 0.5) is 5.69 Å². The van der Waals surface area contributed by atoms with Crippen LogP contribution in [0.3, 0.4) is 0 Å². The minimum absolute atomic E-state index is 0.0420. The van der Waals surface area contributed by atoms with Crippen molar-refractivity contribution in [2.45, 2.75) is 12.6 Å². The minimum Gasteiger partial charge on any atom is -0.460 e. The van der Waals surface area contributed by atoms with Crippen LogP contribution in [0.5, 0.6) is 0 Å². The van der Waals surface area contributed by atoms with Crippen molar-refractivity contribution < 1.29 is 14.1 Å². The number of ether oxygens (including phenoxy) is 1. The second-order valence-corrected chi connectivity index (χ2v) is 6.48. The van der Waals surface area contributed by atoms with Gasteiger partial charge in [-0.3, -0.25) is 10.1 Å². The van der Waals surface area contributed by atoms with Gasteiger partial charge in [0.1, 0.15) is 11.5 Å². The first-order valence-corrected chi connectivity index (χ1v) is 8.44. The SMILES string of the molecule is CN1CCOC(CNCc2ccc(-c3ccc([N+](=O)[O-])cc3Cl)o2)C1. The predicted octanol–water partition coefficient (Wildman–Crippen LogP) is 2.93. The highest BCUT2D eigenvalue weighted by atomic mass is 35.5. The number of nitro groups is 1. The summed E-state index contributed by atoms with van der Waals surface area (Å²) in [6, 6.07) is 8.03. The molecule has 25 heavy (non-hydrogen) atoms. The Morgan fingerprint density at radius 3 is 2.96 bits per heavy atom. The molecule has 7 nitrogen and oxygen atoms in total. The van der Waals surface area contributed by atoms with Gasteiger partial charge in [0.2, 0.25) is 0 Å². The molecule has 1 aromatic carbocycles. The summed E-state index contributed by atoms with van der Waals surface area (Å²) in [5.74, 6) is 1.36. The van der Waals surface area contributed by atoms with Crippen molar-refractivity contribution in [3.63, 3.8) is 0 Å². The average molecular weight is 366 g/mol. The molecule has 134 valence electrons. The highest BCUT2D eigenvalue weighted by molar-refractivity contribution is 6.33. The van der Waals surface area contributed by atoms with Crippen LogP contribution in [-0.2, 0) is 11.3 Å². The number of morpholine rings is 1. The molecular formula is C17H20ClN3O4. The molecule has 0 saturated carbocycles. The van der Waals surface area contributed by atoms with Gasteiger partial charge in [-0.2, -0.15) is 0 Å². The van der Waals surface area contributed by atoms with Gasteiger partial charge >= 0.3 is 0 Å². The van der Waals surface area contributed by atoms with Crippen LogP contribution in [0.15, 0.2) is 34.7 Å². The lowest BCUT2D eigenvalue weighted by Crippen LogP contribution is -2.44. The number of halogens is 1. The lowest BCUT2D eigenvalue weighted by molar-refractivity contribution is -0.384. The fraction of sp³-hybridized carbons (Fsp3) is 0.412. The minimum atomic E-state index is -0.474. The second kappa shape index (κ2) is 7.97. The van der Waals surface area contributed by atoms with Gasteiger partial charge in [-0.05, 0) is 25.2 Å². The van der Waals surface area contributed by atoms with E-state index in [1.54, 1.807) is 6.07 Å². The van der Waals surface area contributed by atoms with Gasteiger partial charge in [-0.15, -0.1) is 0 Å². The fourth-order valence-electron chi connectivity index (χ4n) is 2.78. The van der Waals surface area contributed by atoms with E-state index >= 15 is 0 Å². The first-order chi connectivity index (χ1) is 12.0. The van der Waals surface area contributed by atoms with Crippen LogP contribution in [0.1, 0.15) is 5.76 Å². The number of rotatable bonds is 6. The molecular weight excluding hydrogens is 346 g/mol. The van der Waals surface area contributed by atoms with Crippen molar-refractivity contribution in [1.29, 1.82) is 0 Å². The topological polar surface area (TPSA) is 80.8 Å². The molecule has 0 aliphatic carbocycles. The van der Waals surface area contributed by atoms with Gasteiger partial charge in [0.05, 0.1) is 29.2 Å². The summed E-state index contributed by atoms with van der Waals surface area (Å²) in [6.45, 7) is 3.96.